The Morgan fingerprint density at radius 3 is 2.56 bits per heavy atom. The van der Waals surface area contributed by atoms with Crippen molar-refractivity contribution in [3.05, 3.63) is 54.1 Å². The quantitative estimate of drug-likeness (QED) is 0.763. The van der Waals surface area contributed by atoms with Crippen LogP contribution in [0.2, 0.25) is 5.28 Å². The number of halogens is 1. The normalized spacial score (nSPS) is 10.1. The van der Waals surface area contributed by atoms with Crippen LogP contribution in [-0.4, -0.2) is 15.0 Å². The topological polar surface area (TPSA) is 38.7 Å². The number of rotatable bonds is 3. The van der Waals surface area contributed by atoms with Crippen LogP contribution in [0.4, 0.5) is 0 Å². The van der Waals surface area contributed by atoms with E-state index in [0.717, 1.165) is 5.56 Å². The first kappa shape index (κ1) is 10.8. The maximum atomic E-state index is 5.84. The average Bonchev–Trinajstić information content (AvgIpc) is 2.30. The van der Waals surface area contributed by atoms with Gasteiger partial charge in [-0.1, -0.05) is 36.4 Å². The third-order valence-electron chi connectivity index (χ3n) is 2.01. The molecule has 0 amide bonds. The summed E-state index contributed by atoms with van der Waals surface area (Å²) in [5.74, 6) is 1.23. The fourth-order valence-corrected chi connectivity index (χ4v) is 1.51. The summed E-state index contributed by atoms with van der Waals surface area (Å²) in [6.07, 6.45) is 2.32. The van der Waals surface area contributed by atoms with Gasteiger partial charge in [-0.15, -0.1) is 6.58 Å². The number of hydrogen-bond acceptors (Lipinski definition) is 3. The second kappa shape index (κ2) is 4.86. The predicted octanol–water partition coefficient (Wildman–Crippen LogP) is 2.92. The van der Waals surface area contributed by atoms with Crippen LogP contribution in [0.5, 0.6) is 0 Å². The molecule has 0 radical (unpaired) electrons. The van der Waals surface area contributed by atoms with Gasteiger partial charge < -0.3 is 0 Å². The molecular weight excluding hydrogens is 222 g/mol. The van der Waals surface area contributed by atoms with Crippen LogP contribution in [0.25, 0.3) is 11.4 Å². The van der Waals surface area contributed by atoms with Gasteiger partial charge in [0.25, 0.3) is 0 Å². The summed E-state index contributed by atoms with van der Waals surface area (Å²) < 4.78 is 0. The zero-order valence-corrected chi connectivity index (χ0v) is 9.35. The summed E-state index contributed by atoms with van der Waals surface area (Å²) >= 11 is 5.84. The van der Waals surface area contributed by atoms with E-state index >= 15 is 0 Å². The molecule has 0 bridgehead atoms. The molecule has 2 aromatic rings. The SMILES string of the molecule is C=CCc1nc(Cl)nc(-c2ccccc2)n1. The lowest BCUT2D eigenvalue weighted by Gasteiger charge is -2.02. The van der Waals surface area contributed by atoms with Crippen molar-refractivity contribution in [2.24, 2.45) is 0 Å². The van der Waals surface area contributed by atoms with Crippen LogP contribution in [0, 0.1) is 0 Å². The summed E-state index contributed by atoms with van der Waals surface area (Å²) in [5.41, 5.74) is 0.928. The molecule has 0 aliphatic carbocycles. The van der Waals surface area contributed by atoms with Gasteiger partial charge in [-0.05, 0) is 11.6 Å². The Morgan fingerprint density at radius 2 is 1.88 bits per heavy atom. The lowest BCUT2D eigenvalue weighted by Crippen LogP contribution is -1.99. The zero-order valence-electron chi connectivity index (χ0n) is 8.60. The Kier molecular flexibility index (Phi) is 3.27. The monoisotopic (exact) mass is 231 g/mol. The molecule has 2 rings (SSSR count). The second-order valence-corrected chi connectivity index (χ2v) is 3.54. The molecule has 0 saturated heterocycles. The molecule has 0 aliphatic rings. The van der Waals surface area contributed by atoms with Gasteiger partial charge in [-0.25, -0.2) is 9.97 Å². The standard InChI is InChI=1S/C12H10ClN3/c1-2-6-10-14-11(16-12(13)15-10)9-7-4-3-5-8-9/h2-5,7-8H,1,6H2. The van der Waals surface area contributed by atoms with E-state index in [4.69, 9.17) is 11.6 Å². The molecule has 0 unspecified atom stereocenters. The largest absolute Gasteiger partial charge is 0.226 e. The van der Waals surface area contributed by atoms with E-state index in [2.05, 4.69) is 21.5 Å². The Labute approximate surface area is 98.9 Å². The van der Waals surface area contributed by atoms with Gasteiger partial charge in [0.1, 0.15) is 5.82 Å². The summed E-state index contributed by atoms with van der Waals surface area (Å²) in [5, 5.41) is 0.214. The zero-order chi connectivity index (χ0) is 11.4. The Bertz CT molecular complexity index is 497. The highest BCUT2D eigenvalue weighted by Gasteiger charge is 2.05. The minimum absolute atomic E-state index is 0.214. The highest BCUT2D eigenvalue weighted by Crippen LogP contribution is 2.15. The van der Waals surface area contributed by atoms with E-state index in [1.807, 2.05) is 30.3 Å². The van der Waals surface area contributed by atoms with Crippen LogP contribution < -0.4 is 0 Å². The fraction of sp³-hybridized carbons (Fsp3) is 0.0833. The third-order valence-corrected chi connectivity index (χ3v) is 2.18. The molecule has 1 heterocycles. The Balaban J connectivity index is 2.45. The van der Waals surface area contributed by atoms with Crippen LogP contribution in [-0.2, 0) is 6.42 Å². The highest BCUT2D eigenvalue weighted by molar-refractivity contribution is 6.28. The van der Waals surface area contributed by atoms with Gasteiger partial charge in [-0.3, -0.25) is 0 Å². The van der Waals surface area contributed by atoms with E-state index in [0.29, 0.717) is 18.1 Å². The summed E-state index contributed by atoms with van der Waals surface area (Å²) in [4.78, 5) is 12.4. The summed E-state index contributed by atoms with van der Waals surface area (Å²) in [7, 11) is 0. The van der Waals surface area contributed by atoms with Crippen molar-refractivity contribution in [3.8, 4) is 11.4 Å². The maximum Gasteiger partial charge on any atom is 0.226 e. The number of hydrogen-bond donors (Lipinski definition) is 0. The highest BCUT2D eigenvalue weighted by atomic mass is 35.5. The van der Waals surface area contributed by atoms with Gasteiger partial charge in [0, 0.05) is 12.0 Å². The molecule has 0 atom stereocenters. The number of allylic oxidation sites excluding steroid dienone is 1. The molecule has 0 spiro atoms. The van der Waals surface area contributed by atoms with Crippen LogP contribution in [0.15, 0.2) is 43.0 Å². The van der Waals surface area contributed by atoms with Crippen molar-refractivity contribution in [1.29, 1.82) is 0 Å². The molecule has 16 heavy (non-hydrogen) atoms. The molecule has 0 N–H and O–H groups in total. The minimum atomic E-state index is 0.214. The van der Waals surface area contributed by atoms with E-state index in [9.17, 15) is 0 Å². The first-order valence-corrected chi connectivity index (χ1v) is 5.24. The molecule has 0 fully saturated rings. The molecule has 1 aromatic heterocycles. The van der Waals surface area contributed by atoms with Crippen molar-refractivity contribution >= 4 is 11.6 Å². The van der Waals surface area contributed by atoms with E-state index in [-0.39, 0.29) is 5.28 Å². The van der Waals surface area contributed by atoms with Crippen LogP contribution in [0.1, 0.15) is 5.82 Å². The molecule has 4 heteroatoms. The molecule has 0 saturated carbocycles. The lowest BCUT2D eigenvalue weighted by molar-refractivity contribution is 0.941. The average molecular weight is 232 g/mol. The molecular formula is C12H10ClN3. The van der Waals surface area contributed by atoms with Crippen molar-refractivity contribution in [2.45, 2.75) is 6.42 Å². The smallest absolute Gasteiger partial charge is 0.213 e. The second-order valence-electron chi connectivity index (χ2n) is 3.20. The number of aromatic nitrogens is 3. The molecule has 0 aliphatic heterocycles. The Morgan fingerprint density at radius 1 is 1.12 bits per heavy atom. The predicted molar refractivity (Wildman–Crippen MR) is 64.2 cm³/mol. The van der Waals surface area contributed by atoms with Crippen LogP contribution >= 0.6 is 11.6 Å². The van der Waals surface area contributed by atoms with Crippen LogP contribution in [0.3, 0.4) is 0 Å². The third kappa shape index (κ3) is 2.44. The van der Waals surface area contributed by atoms with E-state index in [1.165, 1.54) is 0 Å². The Hall–Kier alpha value is -1.74. The molecule has 3 nitrogen and oxygen atoms in total. The van der Waals surface area contributed by atoms with E-state index < -0.39 is 0 Å². The van der Waals surface area contributed by atoms with Crippen molar-refractivity contribution < 1.29 is 0 Å². The van der Waals surface area contributed by atoms with Gasteiger partial charge in [-0.2, -0.15) is 4.98 Å². The summed E-state index contributed by atoms with van der Waals surface area (Å²) in [6.45, 7) is 3.64. The maximum absolute atomic E-state index is 5.84. The van der Waals surface area contributed by atoms with Gasteiger partial charge in [0.05, 0.1) is 0 Å². The first-order valence-electron chi connectivity index (χ1n) is 4.86. The van der Waals surface area contributed by atoms with Gasteiger partial charge >= 0.3 is 0 Å². The van der Waals surface area contributed by atoms with Gasteiger partial charge in [0.2, 0.25) is 5.28 Å². The summed E-state index contributed by atoms with van der Waals surface area (Å²) in [6, 6.07) is 9.67. The molecule has 1 aromatic carbocycles. The van der Waals surface area contributed by atoms with Crippen molar-refractivity contribution in [2.75, 3.05) is 0 Å². The minimum Gasteiger partial charge on any atom is -0.213 e. The van der Waals surface area contributed by atoms with Crippen molar-refractivity contribution in [3.63, 3.8) is 0 Å². The van der Waals surface area contributed by atoms with Gasteiger partial charge in [0.15, 0.2) is 5.82 Å². The van der Waals surface area contributed by atoms with E-state index in [1.54, 1.807) is 6.08 Å². The fourth-order valence-electron chi connectivity index (χ4n) is 1.33. The van der Waals surface area contributed by atoms with Crippen molar-refractivity contribution in [1.82, 2.24) is 15.0 Å². The number of benzene rings is 1. The lowest BCUT2D eigenvalue weighted by atomic mass is 10.2. The number of nitrogens with zero attached hydrogens (tertiary/aromatic N) is 3. The first-order chi connectivity index (χ1) is 7.79. The molecule has 80 valence electrons.